The van der Waals surface area contributed by atoms with Crippen LogP contribution in [0.1, 0.15) is 105 Å². The van der Waals surface area contributed by atoms with Crippen LogP contribution in [-0.2, 0) is 0 Å². The van der Waals surface area contributed by atoms with Gasteiger partial charge in [0.05, 0.1) is 0 Å². The van der Waals surface area contributed by atoms with Gasteiger partial charge in [0.15, 0.2) is 0 Å². The van der Waals surface area contributed by atoms with Crippen LogP contribution in [0.4, 0.5) is 0 Å². The first-order valence-electron chi connectivity index (χ1n) is 11.6. The highest BCUT2D eigenvalue weighted by atomic mass is 14.3. The largest absolute Gasteiger partial charge is 0.0808 e. The first-order chi connectivity index (χ1) is 12.5. The molecule has 0 spiro atoms. The number of allylic oxidation sites excluding steroid dienone is 6. The van der Waals surface area contributed by atoms with Gasteiger partial charge in [0.1, 0.15) is 0 Å². The summed E-state index contributed by atoms with van der Waals surface area (Å²) >= 11 is 0. The zero-order chi connectivity index (χ0) is 18.9. The zero-order valence-corrected chi connectivity index (χ0v) is 18.3. The molecule has 4 atom stereocenters. The minimum atomic E-state index is 0.796. The fourth-order valence-corrected chi connectivity index (χ4v) is 5.10. The summed E-state index contributed by atoms with van der Waals surface area (Å²) in [4.78, 5) is 0. The summed E-state index contributed by atoms with van der Waals surface area (Å²) in [5.41, 5.74) is 4.90. The maximum Gasteiger partial charge on any atom is -0.0162 e. The van der Waals surface area contributed by atoms with Crippen LogP contribution in [0.2, 0.25) is 0 Å². The van der Waals surface area contributed by atoms with Gasteiger partial charge in [-0.25, -0.2) is 0 Å². The summed E-state index contributed by atoms with van der Waals surface area (Å²) < 4.78 is 0. The molecule has 0 N–H and O–H groups in total. The second-order valence-electron chi connectivity index (χ2n) is 9.27. The first kappa shape index (κ1) is 21.5. The third kappa shape index (κ3) is 6.43. The van der Waals surface area contributed by atoms with Crippen LogP contribution in [0.5, 0.6) is 0 Å². The third-order valence-electron chi connectivity index (χ3n) is 7.29. The van der Waals surface area contributed by atoms with Crippen molar-refractivity contribution in [3.8, 4) is 0 Å². The molecule has 0 saturated heterocycles. The number of hydrogen-bond acceptors (Lipinski definition) is 0. The second kappa shape index (κ2) is 11.2. The maximum atomic E-state index is 2.60. The molecule has 2 aliphatic carbocycles. The van der Waals surface area contributed by atoms with Gasteiger partial charge in [0.25, 0.3) is 0 Å². The molecule has 1 fully saturated rings. The monoisotopic (exact) mass is 356 g/mol. The fraction of sp³-hybridized carbons (Fsp3) is 0.769. The van der Waals surface area contributed by atoms with Crippen molar-refractivity contribution in [3.05, 3.63) is 34.9 Å². The topological polar surface area (TPSA) is 0 Å². The Balaban J connectivity index is 1.73. The van der Waals surface area contributed by atoms with E-state index in [1.165, 1.54) is 70.6 Å². The molecule has 0 aromatic carbocycles. The van der Waals surface area contributed by atoms with Crippen molar-refractivity contribution < 1.29 is 0 Å². The number of unbranched alkanes of at least 4 members (excludes halogenated alkanes) is 1. The molecule has 2 rings (SSSR count). The lowest BCUT2D eigenvalue weighted by Gasteiger charge is -2.34. The summed E-state index contributed by atoms with van der Waals surface area (Å²) in [5.74, 6) is 3.52. The Bertz CT molecular complexity index is 500. The Labute approximate surface area is 164 Å². The Kier molecular flexibility index (Phi) is 9.23. The average Bonchev–Trinajstić information content (AvgIpc) is 2.67. The molecule has 1 saturated carbocycles. The SMILES string of the molecule is CCC(CCCCC1C=CC(C2CCCC(C(C)CC)C2)=CC1)=C(C)C. The third-order valence-corrected chi connectivity index (χ3v) is 7.29. The van der Waals surface area contributed by atoms with Crippen LogP contribution in [0, 0.1) is 23.7 Å². The molecule has 0 nitrogen and oxygen atoms in total. The molecule has 0 heteroatoms. The molecule has 26 heavy (non-hydrogen) atoms. The Morgan fingerprint density at radius 2 is 1.96 bits per heavy atom. The van der Waals surface area contributed by atoms with Crippen molar-refractivity contribution in [2.45, 2.75) is 105 Å². The standard InChI is InChI=1S/C26H44/c1-6-21(5)25-13-10-14-26(19-25)24-17-15-22(16-18-24)11-8-9-12-23(7-2)20(3)4/h15,17-18,21-22,25-26H,6-14,16,19H2,1-5H3. The maximum absolute atomic E-state index is 2.60. The van der Waals surface area contributed by atoms with Gasteiger partial charge in [-0.05, 0) is 88.0 Å². The van der Waals surface area contributed by atoms with Crippen LogP contribution in [0.15, 0.2) is 34.9 Å². The van der Waals surface area contributed by atoms with E-state index in [4.69, 9.17) is 0 Å². The van der Waals surface area contributed by atoms with Gasteiger partial charge in [-0.2, -0.15) is 0 Å². The molecule has 148 valence electrons. The van der Waals surface area contributed by atoms with Gasteiger partial charge in [-0.15, -0.1) is 0 Å². The Morgan fingerprint density at radius 1 is 1.15 bits per heavy atom. The minimum Gasteiger partial charge on any atom is -0.0808 e. The Hall–Kier alpha value is -0.780. The van der Waals surface area contributed by atoms with Gasteiger partial charge in [-0.1, -0.05) is 75.8 Å². The highest BCUT2D eigenvalue weighted by Gasteiger charge is 2.27. The van der Waals surface area contributed by atoms with Gasteiger partial charge in [0, 0.05) is 0 Å². The van der Waals surface area contributed by atoms with Gasteiger partial charge >= 0.3 is 0 Å². The zero-order valence-electron chi connectivity index (χ0n) is 18.3. The van der Waals surface area contributed by atoms with E-state index < -0.39 is 0 Å². The highest BCUT2D eigenvalue weighted by molar-refractivity contribution is 5.26. The van der Waals surface area contributed by atoms with E-state index in [2.05, 4.69) is 52.8 Å². The molecule has 0 aromatic heterocycles. The molecule has 0 aromatic rings. The smallest absolute Gasteiger partial charge is 0.0162 e. The lowest BCUT2D eigenvalue weighted by atomic mass is 9.71. The van der Waals surface area contributed by atoms with E-state index in [9.17, 15) is 0 Å². The van der Waals surface area contributed by atoms with Crippen molar-refractivity contribution in [2.24, 2.45) is 23.7 Å². The lowest BCUT2D eigenvalue weighted by Crippen LogP contribution is -2.22. The second-order valence-corrected chi connectivity index (χ2v) is 9.27. The molecule has 0 amide bonds. The fourth-order valence-electron chi connectivity index (χ4n) is 5.10. The predicted molar refractivity (Wildman–Crippen MR) is 117 cm³/mol. The van der Waals surface area contributed by atoms with E-state index in [1.807, 2.05) is 0 Å². The minimum absolute atomic E-state index is 0.796. The summed E-state index contributed by atoms with van der Waals surface area (Å²) in [5, 5.41) is 0. The van der Waals surface area contributed by atoms with Crippen molar-refractivity contribution in [1.82, 2.24) is 0 Å². The van der Waals surface area contributed by atoms with Crippen LogP contribution in [0.25, 0.3) is 0 Å². The summed E-state index contributed by atoms with van der Waals surface area (Å²) in [6, 6.07) is 0. The summed E-state index contributed by atoms with van der Waals surface area (Å²) in [6.07, 6.45) is 22.7. The van der Waals surface area contributed by atoms with Crippen molar-refractivity contribution >= 4 is 0 Å². The van der Waals surface area contributed by atoms with Crippen LogP contribution in [0.3, 0.4) is 0 Å². The normalized spacial score (nSPS) is 27.1. The van der Waals surface area contributed by atoms with Gasteiger partial charge < -0.3 is 0 Å². The van der Waals surface area contributed by atoms with Crippen molar-refractivity contribution in [1.29, 1.82) is 0 Å². The molecule has 4 unspecified atom stereocenters. The first-order valence-corrected chi connectivity index (χ1v) is 11.6. The van der Waals surface area contributed by atoms with E-state index in [-0.39, 0.29) is 0 Å². The average molecular weight is 357 g/mol. The highest BCUT2D eigenvalue weighted by Crippen LogP contribution is 2.40. The van der Waals surface area contributed by atoms with Crippen molar-refractivity contribution in [2.75, 3.05) is 0 Å². The van der Waals surface area contributed by atoms with Crippen molar-refractivity contribution in [3.63, 3.8) is 0 Å². The molecule has 0 heterocycles. The van der Waals surface area contributed by atoms with Crippen LogP contribution < -0.4 is 0 Å². The number of hydrogen-bond donors (Lipinski definition) is 0. The predicted octanol–water partition coefficient (Wildman–Crippen LogP) is 8.65. The molecular weight excluding hydrogens is 312 g/mol. The molecule has 0 radical (unpaired) electrons. The molecule has 0 aliphatic heterocycles. The van der Waals surface area contributed by atoms with Gasteiger partial charge in [0.2, 0.25) is 0 Å². The number of rotatable bonds is 9. The van der Waals surface area contributed by atoms with Crippen LogP contribution >= 0.6 is 0 Å². The van der Waals surface area contributed by atoms with Gasteiger partial charge in [-0.3, -0.25) is 0 Å². The molecular formula is C26H44. The van der Waals surface area contributed by atoms with E-state index >= 15 is 0 Å². The summed E-state index contributed by atoms with van der Waals surface area (Å²) in [6.45, 7) is 11.7. The lowest BCUT2D eigenvalue weighted by molar-refractivity contribution is 0.220. The molecule has 2 aliphatic rings. The van der Waals surface area contributed by atoms with E-state index in [0.717, 1.165) is 23.7 Å². The quantitative estimate of drug-likeness (QED) is 0.286. The Morgan fingerprint density at radius 3 is 2.58 bits per heavy atom. The summed E-state index contributed by atoms with van der Waals surface area (Å²) in [7, 11) is 0. The van der Waals surface area contributed by atoms with Crippen LogP contribution in [-0.4, -0.2) is 0 Å². The van der Waals surface area contributed by atoms with E-state index in [0.29, 0.717) is 0 Å². The molecule has 0 bridgehead atoms. The van der Waals surface area contributed by atoms with E-state index in [1.54, 1.807) is 16.7 Å².